The largest absolute Gasteiger partial charge is 0.330 e. The van der Waals surface area contributed by atoms with Crippen LogP contribution in [-0.2, 0) is 6.42 Å². The molecular weight excluding hydrogens is 401 g/mol. The summed E-state index contributed by atoms with van der Waals surface area (Å²) in [4.78, 5) is 0. The van der Waals surface area contributed by atoms with E-state index in [1.807, 2.05) is 6.07 Å². The summed E-state index contributed by atoms with van der Waals surface area (Å²) in [7, 11) is 0. The van der Waals surface area contributed by atoms with Crippen LogP contribution in [0, 0.1) is 3.57 Å². The predicted molar refractivity (Wildman–Crippen MR) is 88.8 cm³/mol. The molecule has 1 unspecified atom stereocenters. The maximum absolute atomic E-state index is 5.92. The van der Waals surface area contributed by atoms with E-state index in [0.29, 0.717) is 12.5 Å². The van der Waals surface area contributed by atoms with Crippen molar-refractivity contribution in [3.63, 3.8) is 0 Å². The lowest BCUT2D eigenvalue weighted by Crippen LogP contribution is -2.15. The predicted octanol–water partition coefficient (Wildman–Crippen LogP) is 4.34. The SMILES string of the molecule is NCC(Cc1ccc(I)cc1)c1cccc(Br)c1. The minimum atomic E-state index is 0.377. The van der Waals surface area contributed by atoms with Gasteiger partial charge in [0.15, 0.2) is 0 Å². The van der Waals surface area contributed by atoms with Crippen molar-refractivity contribution < 1.29 is 0 Å². The van der Waals surface area contributed by atoms with Gasteiger partial charge in [0, 0.05) is 14.0 Å². The second kappa shape index (κ2) is 6.68. The molecule has 0 spiro atoms. The quantitative estimate of drug-likeness (QED) is 0.738. The van der Waals surface area contributed by atoms with Gasteiger partial charge >= 0.3 is 0 Å². The van der Waals surface area contributed by atoms with Crippen molar-refractivity contribution >= 4 is 38.5 Å². The summed E-state index contributed by atoms with van der Waals surface area (Å²) in [5.74, 6) is 0.377. The van der Waals surface area contributed by atoms with Crippen molar-refractivity contribution in [2.75, 3.05) is 6.54 Å². The fraction of sp³-hybridized carbons (Fsp3) is 0.200. The Balaban J connectivity index is 2.17. The fourth-order valence-corrected chi connectivity index (χ4v) is 2.78. The van der Waals surface area contributed by atoms with Gasteiger partial charge in [-0.05, 0) is 70.9 Å². The third kappa shape index (κ3) is 3.80. The lowest BCUT2D eigenvalue weighted by atomic mass is 9.92. The van der Waals surface area contributed by atoms with Crippen LogP contribution in [0.25, 0.3) is 0 Å². The summed E-state index contributed by atoms with van der Waals surface area (Å²) in [6.45, 7) is 0.669. The maximum atomic E-state index is 5.92. The number of rotatable bonds is 4. The van der Waals surface area contributed by atoms with Crippen LogP contribution in [0.2, 0.25) is 0 Å². The van der Waals surface area contributed by atoms with Gasteiger partial charge in [-0.1, -0.05) is 40.2 Å². The zero-order valence-electron chi connectivity index (χ0n) is 9.94. The van der Waals surface area contributed by atoms with Crippen molar-refractivity contribution in [2.24, 2.45) is 5.73 Å². The second-order valence-corrected chi connectivity index (χ2v) is 6.48. The molecule has 0 radical (unpaired) electrons. The third-order valence-corrected chi connectivity index (χ3v) is 4.21. The van der Waals surface area contributed by atoms with E-state index in [9.17, 15) is 0 Å². The Morgan fingerprint density at radius 1 is 1.11 bits per heavy atom. The molecule has 0 aromatic heterocycles. The lowest BCUT2D eigenvalue weighted by Gasteiger charge is -2.15. The highest BCUT2D eigenvalue weighted by atomic mass is 127. The van der Waals surface area contributed by atoms with Crippen molar-refractivity contribution in [3.8, 4) is 0 Å². The van der Waals surface area contributed by atoms with Crippen LogP contribution in [0.3, 0.4) is 0 Å². The molecule has 0 aliphatic carbocycles. The van der Waals surface area contributed by atoms with Gasteiger partial charge in [0.2, 0.25) is 0 Å². The Hall–Kier alpha value is -0.390. The molecule has 2 aromatic rings. The van der Waals surface area contributed by atoms with E-state index in [2.05, 4.69) is 81.0 Å². The summed E-state index contributed by atoms with van der Waals surface area (Å²) in [5.41, 5.74) is 8.55. The molecule has 0 saturated carbocycles. The first-order chi connectivity index (χ1) is 8.69. The van der Waals surface area contributed by atoms with Crippen molar-refractivity contribution in [3.05, 3.63) is 67.7 Å². The molecule has 0 saturated heterocycles. The van der Waals surface area contributed by atoms with Gasteiger partial charge < -0.3 is 5.73 Å². The Morgan fingerprint density at radius 2 is 1.83 bits per heavy atom. The van der Waals surface area contributed by atoms with E-state index in [4.69, 9.17) is 5.73 Å². The van der Waals surface area contributed by atoms with Gasteiger partial charge in [0.1, 0.15) is 0 Å². The molecule has 0 bridgehead atoms. The van der Waals surface area contributed by atoms with Crippen LogP contribution in [0.4, 0.5) is 0 Å². The Labute approximate surface area is 130 Å². The van der Waals surface area contributed by atoms with Gasteiger partial charge in [-0.3, -0.25) is 0 Å². The van der Waals surface area contributed by atoms with Crippen molar-refractivity contribution in [1.82, 2.24) is 0 Å². The Bertz CT molecular complexity index is 510. The number of halogens is 2. The van der Waals surface area contributed by atoms with Crippen LogP contribution >= 0.6 is 38.5 Å². The number of hydrogen-bond acceptors (Lipinski definition) is 1. The summed E-state index contributed by atoms with van der Waals surface area (Å²) in [6, 6.07) is 17.1. The molecule has 0 aliphatic heterocycles. The molecule has 18 heavy (non-hydrogen) atoms. The van der Waals surface area contributed by atoms with Crippen LogP contribution in [0.1, 0.15) is 17.0 Å². The molecule has 3 heteroatoms. The molecule has 0 aliphatic rings. The zero-order valence-corrected chi connectivity index (χ0v) is 13.7. The first-order valence-corrected chi connectivity index (χ1v) is 7.76. The average molecular weight is 416 g/mol. The molecule has 2 rings (SSSR count). The smallest absolute Gasteiger partial charge is 0.0178 e. The van der Waals surface area contributed by atoms with E-state index >= 15 is 0 Å². The van der Waals surface area contributed by atoms with Gasteiger partial charge in [-0.2, -0.15) is 0 Å². The van der Waals surface area contributed by atoms with Crippen molar-refractivity contribution in [2.45, 2.75) is 12.3 Å². The normalized spacial score (nSPS) is 12.4. The molecule has 0 amide bonds. The highest BCUT2D eigenvalue weighted by Gasteiger charge is 2.10. The number of benzene rings is 2. The van der Waals surface area contributed by atoms with Gasteiger partial charge in [-0.15, -0.1) is 0 Å². The molecule has 0 heterocycles. The van der Waals surface area contributed by atoms with Gasteiger partial charge in [0.05, 0.1) is 0 Å². The number of hydrogen-bond donors (Lipinski definition) is 1. The molecular formula is C15H15BrIN. The maximum Gasteiger partial charge on any atom is 0.0178 e. The Morgan fingerprint density at radius 3 is 2.44 bits per heavy atom. The molecule has 2 N–H and O–H groups in total. The van der Waals surface area contributed by atoms with Gasteiger partial charge in [0.25, 0.3) is 0 Å². The highest BCUT2D eigenvalue weighted by Crippen LogP contribution is 2.23. The van der Waals surface area contributed by atoms with E-state index < -0.39 is 0 Å². The molecule has 1 atom stereocenters. The lowest BCUT2D eigenvalue weighted by molar-refractivity contribution is 0.694. The van der Waals surface area contributed by atoms with E-state index in [1.165, 1.54) is 14.7 Å². The van der Waals surface area contributed by atoms with Crippen LogP contribution < -0.4 is 5.73 Å². The molecule has 1 nitrogen and oxygen atoms in total. The van der Waals surface area contributed by atoms with Crippen LogP contribution in [-0.4, -0.2) is 6.54 Å². The minimum Gasteiger partial charge on any atom is -0.330 e. The van der Waals surface area contributed by atoms with E-state index in [1.54, 1.807) is 0 Å². The standard InChI is InChI=1S/C15H15BrIN/c16-14-3-1-2-12(9-14)13(10-18)8-11-4-6-15(17)7-5-11/h1-7,9,13H,8,10,18H2. The minimum absolute atomic E-state index is 0.377. The van der Waals surface area contributed by atoms with E-state index in [0.717, 1.165) is 10.9 Å². The monoisotopic (exact) mass is 415 g/mol. The highest BCUT2D eigenvalue weighted by molar-refractivity contribution is 14.1. The molecule has 2 aromatic carbocycles. The summed E-state index contributed by atoms with van der Waals surface area (Å²) in [6.07, 6.45) is 0.990. The summed E-state index contributed by atoms with van der Waals surface area (Å²) < 4.78 is 2.38. The fourth-order valence-electron chi connectivity index (χ4n) is 2.00. The van der Waals surface area contributed by atoms with Crippen LogP contribution in [0.15, 0.2) is 53.0 Å². The average Bonchev–Trinajstić information content (AvgIpc) is 2.38. The van der Waals surface area contributed by atoms with Crippen LogP contribution in [0.5, 0.6) is 0 Å². The first kappa shape index (κ1) is 14.0. The third-order valence-electron chi connectivity index (χ3n) is 3.00. The van der Waals surface area contributed by atoms with E-state index in [-0.39, 0.29) is 0 Å². The zero-order chi connectivity index (χ0) is 13.0. The summed E-state index contributed by atoms with van der Waals surface area (Å²) in [5, 5.41) is 0. The summed E-state index contributed by atoms with van der Waals surface area (Å²) >= 11 is 5.84. The molecule has 94 valence electrons. The topological polar surface area (TPSA) is 26.0 Å². The van der Waals surface area contributed by atoms with Crippen molar-refractivity contribution in [1.29, 1.82) is 0 Å². The first-order valence-electron chi connectivity index (χ1n) is 5.89. The second-order valence-electron chi connectivity index (χ2n) is 4.32. The van der Waals surface area contributed by atoms with Gasteiger partial charge in [-0.25, -0.2) is 0 Å². The number of nitrogens with two attached hydrogens (primary N) is 1. The molecule has 0 fully saturated rings. The Kier molecular flexibility index (Phi) is 5.21.